The van der Waals surface area contributed by atoms with Crippen LogP contribution in [0.4, 0.5) is 4.79 Å². The number of nitrogens with one attached hydrogen (secondary N) is 1. The zero-order valence-corrected chi connectivity index (χ0v) is 14.8. The van der Waals surface area contributed by atoms with Crippen LogP contribution in [0, 0.1) is 0 Å². The molecule has 0 spiro atoms. The molecule has 5 nitrogen and oxygen atoms in total. The van der Waals surface area contributed by atoms with E-state index in [9.17, 15) is 9.59 Å². The van der Waals surface area contributed by atoms with Gasteiger partial charge in [0.05, 0.1) is 6.04 Å². The number of amides is 2. The van der Waals surface area contributed by atoms with Crippen molar-refractivity contribution in [3.63, 3.8) is 0 Å². The molecule has 1 atom stereocenters. The molecule has 1 fully saturated rings. The Bertz CT molecular complexity index is 617. The van der Waals surface area contributed by atoms with E-state index in [2.05, 4.69) is 5.32 Å². The summed E-state index contributed by atoms with van der Waals surface area (Å²) in [7, 11) is 0. The zero-order valence-electron chi connectivity index (χ0n) is 14.8. The van der Waals surface area contributed by atoms with Crippen molar-refractivity contribution in [2.45, 2.75) is 45.8 Å². The maximum Gasteiger partial charge on any atom is 0.407 e. The minimum absolute atomic E-state index is 0.0233. The third-order valence-electron chi connectivity index (χ3n) is 3.79. The second kappa shape index (κ2) is 7.51. The third kappa shape index (κ3) is 5.41. The first-order chi connectivity index (χ1) is 11.2. The number of alkyl carbamates (subject to hydrolysis) is 1. The average molecular weight is 330 g/mol. The smallest absolute Gasteiger partial charge is 0.407 e. The van der Waals surface area contributed by atoms with Crippen molar-refractivity contribution in [1.82, 2.24) is 10.2 Å². The maximum absolute atomic E-state index is 12.4. The molecular weight excluding hydrogens is 304 g/mol. The molecule has 0 aliphatic carbocycles. The number of hydrogen-bond donors (Lipinski definition) is 1. The van der Waals surface area contributed by atoms with E-state index >= 15 is 0 Å². The summed E-state index contributed by atoms with van der Waals surface area (Å²) in [5.41, 5.74) is 1.45. The molecule has 1 aliphatic heterocycles. The summed E-state index contributed by atoms with van der Waals surface area (Å²) in [5.74, 6) is -0.0233. The molecule has 1 aromatic rings. The largest absolute Gasteiger partial charge is 0.444 e. The first kappa shape index (κ1) is 18.0. The predicted octanol–water partition coefficient (Wildman–Crippen LogP) is 3.22. The van der Waals surface area contributed by atoms with Gasteiger partial charge in [-0.15, -0.1) is 0 Å². The number of nitrogens with zero attached hydrogens (tertiary/aromatic N) is 1. The van der Waals surface area contributed by atoms with E-state index in [1.807, 2.05) is 58.0 Å². The molecule has 0 unspecified atom stereocenters. The molecule has 2 amide bonds. The molecule has 0 aromatic heterocycles. The quantitative estimate of drug-likeness (QED) is 0.866. The summed E-state index contributed by atoms with van der Waals surface area (Å²) in [5, 5.41) is 2.83. The maximum atomic E-state index is 12.4. The fourth-order valence-electron chi connectivity index (χ4n) is 2.61. The van der Waals surface area contributed by atoms with E-state index in [1.165, 1.54) is 0 Å². The van der Waals surface area contributed by atoms with Gasteiger partial charge in [-0.2, -0.15) is 0 Å². The summed E-state index contributed by atoms with van der Waals surface area (Å²) >= 11 is 0. The predicted molar refractivity (Wildman–Crippen MR) is 94.4 cm³/mol. The van der Waals surface area contributed by atoms with Crippen molar-refractivity contribution >= 4 is 17.6 Å². The molecule has 1 saturated heterocycles. The van der Waals surface area contributed by atoms with Gasteiger partial charge in [-0.1, -0.05) is 30.3 Å². The van der Waals surface area contributed by atoms with Crippen LogP contribution < -0.4 is 5.32 Å². The van der Waals surface area contributed by atoms with Crippen LogP contribution in [-0.4, -0.2) is 41.6 Å². The Hall–Kier alpha value is -2.30. The summed E-state index contributed by atoms with van der Waals surface area (Å²) < 4.78 is 5.25. The molecule has 1 heterocycles. The van der Waals surface area contributed by atoms with Crippen LogP contribution in [0.25, 0.3) is 5.57 Å². The lowest BCUT2D eigenvalue weighted by Crippen LogP contribution is -2.41. The summed E-state index contributed by atoms with van der Waals surface area (Å²) in [4.78, 5) is 26.0. The Morgan fingerprint density at radius 2 is 1.92 bits per heavy atom. The van der Waals surface area contributed by atoms with Crippen molar-refractivity contribution in [2.24, 2.45) is 0 Å². The van der Waals surface area contributed by atoms with Crippen LogP contribution in [0.15, 0.2) is 36.4 Å². The Balaban J connectivity index is 1.89. The first-order valence-corrected chi connectivity index (χ1v) is 8.27. The summed E-state index contributed by atoms with van der Waals surface area (Å²) in [6, 6.07) is 9.76. The van der Waals surface area contributed by atoms with E-state index in [4.69, 9.17) is 4.74 Å². The second-order valence-corrected chi connectivity index (χ2v) is 7.11. The minimum Gasteiger partial charge on any atom is -0.444 e. The van der Waals surface area contributed by atoms with Crippen LogP contribution in [0.3, 0.4) is 0 Å². The number of benzene rings is 1. The lowest BCUT2D eigenvalue weighted by Gasteiger charge is -2.22. The minimum atomic E-state index is -0.520. The Morgan fingerprint density at radius 3 is 2.54 bits per heavy atom. The van der Waals surface area contributed by atoms with E-state index in [1.54, 1.807) is 11.0 Å². The van der Waals surface area contributed by atoms with Gasteiger partial charge in [-0.3, -0.25) is 4.79 Å². The highest BCUT2D eigenvalue weighted by molar-refractivity contribution is 5.95. The molecular formula is C19H26N2O3. The second-order valence-electron chi connectivity index (χ2n) is 7.11. The molecule has 1 N–H and O–H groups in total. The number of likely N-dealkylation sites (tertiary alicyclic amines) is 1. The van der Waals surface area contributed by atoms with E-state index in [0.29, 0.717) is 13.1 Å². The van der Waals surface area contributed by atoms with Crippen molar-refractivity contribution < 1.29 is 14.3 Å². The van der Waals surface area contributed by atoms with Gasteiger partial charge in [0.25, 0.3) is 0 Å². The number of rotatable bonds is 3. The van der Waals surface area contributed by atoms with Crippen LogP contribution in [0.1, 0.15) is 39.7 Å². The number of allylic oxidation sites excluding steroid dienone is 1. The van der Waals surface area contributed by atoms with Crippen molar-refractivity contribution in [3.05, 3.63) is 42.0 Å². The summed E-state index contributed by atoms with van der Waals surface area (Å²) in [6.45, 7) is 8.56. The highest BCUT2D eigenvalue weighted by atomic mass is 16.6. The normalized spacial score (nSPS) is 18.4. The molecule has 2 rings (SSSR count). The molecule has 1 aliphatic rings. The van der Waals surface area contributed by atoms with Gasteiger partial charge in [-0.25, -0.2) is 4.79 Å². The van der Waals surface area contributed by atoms with Crippen LogP contribution in [0.2, 0.25) is 0 Å². The standard InChI is InChI=1S/C19H26N2O3/c1-14(15-8-6-5-7-9-15)12-17(22)21-11-10-16(13-21)20-18(23)24-19(2,3)4/h5-9,12,16H,10-11,13H2,1-4H3,(H,20,23)/b14-12+/t16-/m0/s1. The fraction of sp³-hybridized carbons (Fsp3) is 0.474. The topological polar surface area (TPSA) is 58.6 Å². The Morgan fingerprint density at radius 1 is 1.25 bits per heavy atom. The van der Waals surface area contributed by atoms with Gasteiger partial charge in [-0.05, 0) is 45.3 Å². The Kier molecular flexibility index (Phi) is 5.65. The van der Waals surface area contributed by atoms with Crippen molar-refractivity contribution in [2.75, 3.05) is 13.1 Å². The Labute approximate surface area is 143 Å². The molecule has 0 radical (unpaired) electrons. The number of carbonyl (C=O) groups is 2. The fourth-order valence-corrected chi connectivity index (χ4v) is 2.61. The molecule has 130 valence electrons. The van der Waals surface area contributed by atoms with Gasteiger partial charge in [0.1, 0.15) is 5.60 Å². The van der Waals surface area contributed by atoms with Gasteiger partial charge in [0, 0.05) is 19.2 Å². The zero-order chi connectivity index (χ0) is 17.7. The lowest BCUT2D eigenvalue weighted by atomic mass is 10.1. The lowest BCUT2D eigenvalue weighted by molar-refractivity contribution is -0.125. The molecule has 5 heteroatoms. The third-order valence-corrected chi connectivity index (χ3v) is 3.79. The van der Waals surface area contributed by atoms with Crippen molar-refractivity contribution in [1.29, 1.82) is 0 Å². The van der Waals surface area contributed by atoms with E-state index in [-0.39, 0.29) is 11.9 Å². The molecule has 24 heavy (non-hydrogen) atoms. The van der Waals surface area contributed by atoms with E-state index in [0.717, 1.165) is 17.6 Å². The number of carbonyl (C=O) groups excluding carboxylic acids is 2. The van der Waals surface area contributed by atoms with Crippen LogP contribution >= 0.6 is 0 Å². The SMILES string of the molecule is C/C(=C\C(=O)N1CC[C@H](NC(=O)OC(C)(C)C)C1)c1ccccc1. The average Bonchev–Trinajstić information content (AvgIpc) is 2.94. The van der Waals surface area contributed by atoms with Gasteiger partial charge in [0.15, 0.2) is 0 Å². The number of ether oxygens (including phenoxy) is 1. The van der Waals surface area contributed by atoms with Crippen LogP contribution in [0.5, 0.6) is 0 Å². The van der Waals surface area contributed by atoms with Crippen LogP contribution in [-0.2, 0) is 9.53 Å². The first-order valence-electron chi connectivity index (χ1n) is 8.27. The highest BCUT2D eigenvalue weighted by Gasteiger charge is 2.28. The van der Waals surface area contributed by atoms with Crippen molar-refractivity contribution in [3.8, 4) is 0 Å². The molecule has 0 bridgehead atoms. The van der Waals surface area contributed by atoms with E-state index < -0.39 is 11.7 Å². The number of hydrogen-bond acceptors (Lipinski definition) is 3. The molecule has 1 aromatic carbocycles. The molecule has 0 saturated carbocycles. The van der Waals surface area contributed by atoms with Gasteiger partial charge >= 0.3 is 6.09 Å². The monoisotopic (exact) mass is 330 g/mol. The summed E-state index contributed by atoms with van der Waals surface area (Å²) in [6.07, 6.45) is 1.96. The van der Waals surface area contributed by atoms with Gasteiger partial charge < -0.3 is 15.0 Å². The highest BCUT2D eigenvalue weighted by Crippen LogP contribution is 2.16. The van der Waals surface area contributed by atoms with Gasteiger partial charge in [0.2, 0.25) is 5.91 Å².